The van der Waals surface area contributed by atoms with Crippen LogP contribution in [0.15, 0.2) is 16.6 Å². The maximum atomic E-state index is 6.10. The van der Waals surface area contributed by atoms with Crippen LogP contribution in [-0.2, 0) is 0 Å². The van der Waals surface area contributed by atoms with E-state index in [0.717, 1.165) is 29.1 Å². The zero-order valence-electron chi connectivity index (χ0n) is 12.0. The molecule has 0 aromatic heterocycles. The van der Waals surface area contributed by atoms with E-state index in [1.807, 2.05) is 0 Å². The molecule has 1 aliphatic carbocycles. The molecule has 0 amide bonds. The molecule has 2 aliphatic rings. The lowest BCUT2D eigenvalue weighted by atomic mass is 9.90. The van der Waals surface area contributed by atoms with Gasteiger partial charge >= 0.3 is 0 Å². The van der Waals surface area contributed by atoms with Crippen LogP contribution in [0.4, 0.5) is 0 Å². The van der Waals surface area contributed by atoms with E-state index in [0.29, 0.717) is 12.0 Å². The molecule has 1 saturated heterocycles. The van der Waals surface area contributed by atoms with Crippen molar-refractivity contribution in [3.05, 3.63) is 22.2 Å². The fourth-order valence-electron chi connectivity index (χ4n) is 2.92. The number of benzene rings is 1. The van der Waals surface area contributed by atoms with E-state index in [-0.39, 0.29) is 0 Å². The van der Waals surface area contributed by atoms with Crippen molar-refractivity contribution in [3.63, 3.8) is 0 Å². The number of rotatable bonds is 4. The quantitative estimate of drug-likeness (QED) is 0.903. The minimum absolute atomic E-state index is 0.381. The van der Waals surface area contributed by atoms with E-state index >= 15 is 0 Å². The summed E-state index contributed by atoms with van der Waals surface area (Å²) < 4.78 is 12.7. The van der Waals surface area contributed by atoms with Crippen LogP contribution in [0.25, 0.3) is 0 Å². The minimum atomic E-state index is 0.381. The smallest absolute Gasteiger partial charge is 0.161 e. The van der Waals surface area contributed by atoms with Crippen molar-refractivity contribution in [1.29, 1.82) is 0 Å². The molecule has 1 saturated carbocycles. The molecule has 2 fully saturated rings. The Balaban J connectivity index is 1.86. The Bertz CT molecular complexity index is 468. The van der Waals surface area contributed by atoms with Gasteiger partial charge in [-0.2, -0.15) is 0 Å². The van der Waals surface area contributed by atoms with Crippen molar-refractivity contribution in [2.24, 2.45) is 0 Å². The van der Waals surface area contributed by atoms with Gasteiger partial charge in [0.1, 0.15) is 0 Å². The van der Waals surface area contributed by atoms with Crippen LogP contribution >= 0.6 is 15.9 Å². The molecule has 1 heterocycles. The van der Waals surface area contributed by atoms with Gasteiger partial charge in [-0.05, 0) is 68.8 Å². The molecule has 0 bridgehead atoms. The summed E-state index contributed by atoms with van der Waals surface area (Å²) in [7, 11) is 1.71. The Morgan fingerprint density at radius 2 is 1.85 bits per heavy atom. The third-order valence-corrected chi connectivity index (χ3v) is 5.09. The third-order valence-electron chi connectivity index (χ3n) is 4.41. The average molecular weight is 340 g/mol. The van der Waals surface area contributed by atoms with Crippen molar-refractivity contribution in [1.82, 2.24) is 5.32 Å². The van der Waals surface area contributed by atoms with E-state index in [9.17, 15) is 0 Å². The van der Waals surface area contributed by atoms with Crippen molar-refractivity contribution < 1.29 is 9.47 Å². The van der Waals surface area contributed by atoms with Gasteiger partial charge in [0.25, 0.3) is 0 Å². The van der Waals surface area contributed by atoms with Gasteiger partial charge in [-0.1, -0.05) is 15.9 Å². The standard InChI is InChI=1S/C16H22BrNO2/c1-19-15-10-14(17)13(11-5-7-18-8-6-11)9-16(15)20-12-3-2-4-12/h9-12,18H,2-8H2,1H3. The van der Waals surface area contributed by atoms with Crippen LogP contribution in [0, 0.1) is 0 Å². The fourth-order valence-corrected chi connectivity index (χ4v) is 3.56. The normalized spacial score (nSPS) is 20.5. The molecule has 20 heavy (non-hydrogen) atoms. The molecule has 4 heteroatoms. The van der Waals surface area contributed by atoms with Crippen molar-refractivity contribution in [2.45, 2.75) is 44.1 Å². The van der Waals surface area contributed by atoms with E-state index in [1.165, 1.54) is 37.7 Å². The molecule has 0 radical (unpaired) electrons. The van der Waals surface area contributed by atoms with Gasteiger partial charge in [0.15, 0.2) is 11.5 Å². The number of hydrogen-bond acceptors (Lipinski definition) is 3. The monoisotopic (exact) mass is 339 g/mol. The van der Waals surface area contributed by atoms with Crippen molar-refractivity contribution >= 4 is 15.9 Å². The summed E-state index contributed by atoms with van der Waals surface area (Å²) in [5, 5.41) is 3.42. The Kier molecular flexibility index (Phi) is 4.51. The first kappa shape index (κ1) is 14.2. The summed E-state index contributed by atoms with van der Waals surface area (Å²) in [6, 6.07) is 4.25. The van der Waals surface area contributed by atoms with Gasteiger partial charge in [0.05, 0.1) is 13.2 Å². The number of nitrogens with one attached hydrogen (secondary N) is 1. The van der Waals surface area contributed by atoms with E-state index in [4.69, 9.17) is 9.47 Å². The maximum Gasteiger partial charge on any atom is 0.161 e. The fraction of sp³-hybridized carbons (Fsp3) is 0.625. The Morgan fingerprint density at radius 3 is 2.45 bits per heavy atom. The van der Waals surface area contributed by atoms with Gasteiger partial charge in [-0.3, -0.25) is 0 Å². The minimum Gasteiger partial charge on any atom is -0.493 e. The van der Waals surface area contributed by atoms with Gasteiger partial charge < -0.3 is 14.8 Å². The van der Waals surface area contributed by atoms with Crippen LogP contribution in [0.3, 0.4) is 0 Å². The summed E-state index contributed by atoms with van der Waals surface area (Å²) in [4.78, 5) is 0. The molecule has 1 N–H and O–H groups in total. The number of ether oxygens (including phenoxy) is 2. The van der Waals surface area contributed by atoms with E-state index < -0.39 is 0 Å². The second-order valence-electron chi connectivity index (χ2n) is 5.72. The molecule has 0 spiro atoms. The highest BCUT2D eigenvalue weighted by Gasteiger charge is 2.24. The highest BCUT2D eigenvalue weighted by atomic mass is 79.9. The molecule has 0 atom stereocenters. The largest absolute Gasteiger partial charge is 0.493 e. The topological polar surface area (TPSA) is 30.5 Å². The lowest BCUT2D eigenvalue weighted by Crippen LogP contribution is -2.27. The molecule has 3 rings (SSSR count). The molecular weight excluding hydrogens is 318 g/mol. The number of piperidine rings is 1. The molecular formula is C16H22BrNO2. The summed E-state index contributed by atoms with van der Waals surface area (Å²) in [6.45, 7) is 2.20. The van der Waals surface area contributed by atoms with E-state index in [1.54, 1.807) is 7.11 Å². The average Bonchev–Trinajstić information content (AvgIpc) is 2.44. The van der Waals surface area contributed by atoms with Gasteiger partial charge in [-0.25, -0.2) is 0 Å². The van der Waals surface area contributed by atoms with Crippen LogP contribution in [0.2, 0.25) is 0 Å². The Hall–Kier alpha value is -0.740. The second kappa shape index (κ2) is 6.35. The SMILES string of the molecule is COc1cc(Br)c(C2CCNCC2)cc1OC1CCC1. The molecule has 110 valence electrons. The summed E-state index contributed by atoms with van der Waals surface area (Å²) >= 11 is 3.70. The predicted octanol–water partition coefficient (Wildman–Crippen LogP) is 3.86. The first-order chi connectivity index (χ1) is 9.78. The lowest BCUT2D eigenvalue weighted by Gasteiger charge is -2.29. The highest BCUT2D eigenvalue weighted by molar-refractivity contribution is 9.10. The molecule has 1 aromatic rings. The maximum absolute atomic E-state index is 6.10. The second-order valence-corrected chi connectivity index (χ2v) is 6.57. The Morgan fingerprint density at radius 1 is 1.10 bits per heavy atom. The summed E-state index contributed by atoms with van der Waals surface area (Å²) in [5.41, 5.74) is 1.36. The Labute approximate surface area is 129 Å². The summed E-state index contributed by atoms with van der Waals surface area (Å²) in [5.74, 6) is 2.36. The van der Waals surface area contributed by atoms with Gasteiger partial charge in [0.2, 0.25) is 0 Å². The lowest BCUT2D eigenvalue weighted by molar-refractivity contribution is 0.116. The molecule has 1 aliphatic heterocycles. The van der Waals surface area contributed by atoms with Crippen LogP contribution < -0.4 is 14.8 Å². The van der Waals surface area contributed by atoms with Gasteiger partial charge in [0, 0.05) is 4.47 Å². The van der Waals surface area contributed by atoms with E-state index in [2.05, 4.69) is 33.4 Å². The predicted molar refractivity (Wildman–Crippen MR) is 83.8 cm³/mol. The molecule has 3 nitrogen and oxygen atoms in total. The molecule has 0 unspecified atom stereocenters. The first-order valence-corrected chi connectivity index (χ1v) is 8.32. The third kappa shape index (κ3) is 2.96. The van der Waals surface area contributed by atoms with Crippen LogP contribution in [0.1, 0.15) is 43.6 Å². The number of hydrogen-bond donors (Lipinski definition) is 1. The van der Waals surface area contributed by atoms with Crippen molar-refractivity contribution in [3.8, 4) is 11.5 Å². The zero-order chi connectivity index (χ0) is 13.9. The molecule has 1 aromatic carbocycles. The van der Waals surface area contributed by atoms with Crippen LogP contribution in [0.5, 0.6) is 11.5 Å². The number of methoxy groups -OCH3 is 1. The van der Waals surface area contributed by atoms with Crippen LogP contribution in [-0.4, -0.2) is 26.3 Å². The van der Waals surface area contributed by atoms with Gasteiger partial charge in [-0.15, -0.1) is 0 Å². The number of halogens is 1. The van der Waals surface area contributed by atoms with Crippen molar-refractivity contribution in [2.75, 3.05) is 20.2 Å². The summed E-state index contributed by atoms with van der Waals surface area (Å²) in [6.07, 6.45) is 6.38. The zero-order valence-corrected chi connectivity index (χ0v) is 13.5. The highest BCUT2D eigenvalue weighted by Crippen LogP contribution is 2.40. The first-order valence-electron chi connectivity index (χ1n) is 7.52.